The average Bonchev–Trinajstić information content (AvgIpc) is 3.12. The molecule has 1 aromatic heterocycles. The number of nitrogens with zero attached hydrogens (tertiary/aromatic N) is 2. The number of aliphatic carboxylic acids is 1. The van der Waals surface area contributed by atoms with Gasteiger partial charge >= 0.3 is 5.97 Å². The number of furan rings is 1. The predicted octanol–water partition coefficient (Wildman–Crippen LogP) is 1.70. The van der Waals surface area contributed by atoms with Gasteiger partial charge in [0.05, 0.1) is 11.7 Å². The highest BCUT2D eigenvalue weighted by Gasteiger charge is 2.53. The Bertz CT molecular complexity index is 598. The minimum Gasteiger partial charge on any atom is -0.481 e. The highest BCUT2D eigenvalue weighted by atomic mass is 16.4. The Labute approximate surface area is 135 Å². The highest BCUT2D eigenvalue weighted by Crippen LogP contribution is 2.43. The molecule has 0 saturated carbocycles. The molecule has 0 bridgehead atoms. The number of likely N-dealkylation sites (tertiary alicyclic amines) is 2. The van der Waals surface area contributed by atoms with Crippen molar-refractivity contribution >= 4 is 11.9 Å². The van der Waals surface area contributed by atoms with Crippen molar-refractivity contribution in [2.75, 3.05) is 32.7 Å². The Hall–Kier alpha value is -2.08. The fourth-order valence-electron chi connectivity index (χ4n) is 3.95. The lowest BCUT2D eigenvalue weighted by Crippen LogP contribution is -2.42. The number of fused-ring (bicyclic) bond motifs is 1. The van der Waals surface area contributed by atoms with E-state index in [0.717, 1.165) is 0 Å². The lowest BCUT2D eigenvalue weighted by Gasteiger charge is -2.29. The molecule has 2 atom stereocenters. The van der Waals surface area contributed by atoms with E-state index < -0.39 is 11.4 Å². The fraction of sp³-hybridized carbons (Fsp3) is 0.529. The molecule has 1 amide bonds. The molecule has 0 unspecified atom stereocenters. The molecule has 2 aliphatic rings. The van der Waals surface area contributed by atoms with E-state index in [1.165, 1.54) is 6.26 Å². The molecule has 3 rings (SSSR count). The van der Waals surface area contributed by atoms with Gasteiger partial charge in [-0.1, -0.05) is 6.08 Å². The van der Waals surface area contributed by atoms with Gasteiger partial charge in [-0.15, -0.1) is 6.58 Å². The maximum Gasteiger partial charge on any atom is 0.311 e. The van der Waals surface area contributed by atoms with Crippen molar-refractivity contribution in [1.29, 1.82) is 0 Å². The summed E-state index contributed by atoms with van der Waals surface area (Å²) in [6, 6.07) is 3.34. The van der Waals surface area contributed by atoms with Crippen molar-refractivity contribution in [3.63, 3.8) is 0 Å². The number of amides is 1. The average molecular weight is 318 g/mol. The zero-order valence-corrected chi connectivity index (χ0v) is 13.1. The molecule has 1 aromatic rings. The molecule has 2 aliphatic heterocycles. The number of rotatable bonds is 4. The zero-order valence-electron chi connectivity index (χ0n) is 13.1. The van der Waals surface area contributed by atoms with Crippen LogP contribution in [0.4, 0.5) is 0 Å². The van der Waals surface area contributed by atoms with Gasteiger partial charge in [-0.25, -0.2) is 0 Å². The second kappa shape index (κ2) is 6.20. The molecular formula is C17H22N2O4. The lowest BCUT2D eigenvalue weighted by molar-refractivity contribution is -0.150. The number of carboxylic acids is 1. The molecule has 23 heavy (non-hydrogen) atoms. The van der Waals surface area contributed by atoms with E-state index in [0.29, 0.717) is 51.3 Å². The third-order valence-corrected chi connectivity index (χ3v) is 5.09. The standard InChI is InChI=1S/C17H22N2O4/c1-2-7-18-10-13-11-19(15(20)14-5-3-9-23-14)8-4-6-17(13,12-18)16(21)22/h2-3,5,9,13H,1,4,6-8,10-12H2,(H,21,22)/t13-,17+/m0/s1. The van der Waals surface area contributed by atoms with Gasteiger partial charge in [0.1, 0.15) is 0 Å². The summed E-state index contributed by atoms with van der Waals surface area (Å²) in [6.07, 6.45) is 4.57. The third-order valence-electron chi connectivity index (χ3n) is 5.09. The first-order valence-corrected chi connectivity index (χ1v) is 7.96. The van der Waals surface area contributed by atoms with Gasteiger partial charge in [0.25, 0.3) is 5.91 Å². The van der Waals surface area contributed by atoms with Crippen LogP contribution in [0.25, 0.3) is 0 Å². The summed E-state index contributed by atoms with van der Waals surface area (Å²) in [5.41, 5.74) is -0.763. The molecule has 0 aliphatic carbocycles. The summed E-state index contributed by atoms with van der Waals surface area (Å²) >= 11 is 0. The van der Waals surface area contributed by atoms with Crippen LogP contribution in [0.1, 0.15) is 23.4 Å². The van der Waals surface area contributed by atoms with E-state index in [-0.39, 0.29) is 11.8 Å². The number of carbonyl (C=O) groups excluding carboxylic acids is 1. The summed E-state index contributed by atoms with van der Waals surface area (Å²) in [5.74, 6) is -0.658. The number of carboxylic acid groups (broad SMARTS) is 1. The van der Waals surface area contributed by atoms with Crippen LogP contribution >= 0.6 is 0 Å². The van der Waals surface area contributed by atoms with E-state index in [9.17, 15) is 14.7 Å². The molecule has 2 saturated heterocycles. The number of hydrogen-bond donors (Lipinski definition) is 1. The molecule has 6 nitrogen and oxygen atoms in total. The summed E-state index contributed by atoms with van der Waals surface area (Å²) in [5, 5.41) is 9.84. The van der Waals surface area contributed by atoms with Crippen LogP contribution in [0.5, 0.6) is 0 Å². The highest BCUT2D eigenvalue weighted by molar-refractivity contribution is 5.91. The number of carbonyl (C=O) groups is 2. The fourth-order valence-corrected chi connectivity index (χ4v) is 3.95. The van der Waals surface area contributed by atoms with E-state index in [1.807, 2.05) is 0 Å². The molecule has 6 heteroatoms. The lowest BCUT2D eigenvalue weighted by atomic mass is 9.75. The van der Waals surface area contributed by atoms with Crippen LogP contribution in [-0.4, -0.2) is 59.5 Å². The molecule has 124 valence electrons. The van der Waals surface area contributed by atoms with Crippen LogP contribution < -0.4 is 0 Å². The summed E-state index contributed by atoms with van der Waals surface area (Å²) in [4.78, 5) is 28.4. The van der Waals surface area contributed by atoms with Crippen molar-refractivity contribution in [1.82, 2.24) is 9.80 Å². The summed E-state index contributed by atoms with van der Waals surface area (Å²) < 4.78 is 5.20. The van der Waals surface area contributed by atoms with Crippen molar-refractivity contribution in [2.45, 2.75) is 12.8 Å². The van der Waals surface area contributed by atoms with Gasteiger partial charge in [0.15, 0.2) is 5.76 Å². The zero-order chi connectivity index (χ0) is 16.4. The quantitative estimate of drug-likeness (QED) is 0.856. The largest absolute Gasteiger partial charge is 0.481 e. The topological polar surface area (TPSA) is 74.0 Å². The van der Waals surface area contributed by atoms with Crippen LogP contribution in [0.2, 0.25) is 0 Å². The van der Waals surface area contributed by atoms with Gasteiger partial charge in [0, 0.05) is 38.6 Å². The molecule has 2 fully saturated rings. The van der Waals surface area contributed by atoms with Gasteiger partial charge in [-0.3, -0.25) is 14.5 Å². The van der Waals surface area contributed by atoms with Crippen molar-refractivity contribution in [3.05, 3.63) is 36.8 Å². The van der Waals surface area contributed by atoms with Crippen molar-refractivity contribution in [2.24, 2.45) is 11.3 Å². The third kappa shape index (κ3) is 2.79. The predicted molar refractivity (Wildman–Crippen MR) is 84.0 cm³/mol. The van der Waals surface area contributed by atoms with E-state index in [1.54, 1.807) is 23.1 Å². The Kier molecular flexibility index (Phi) is 4.26. The van der Waals surface area contributed by atoms with E-state index >= 15 is 0 Å². The van der Waals surface area contributed by atoms with Crippen molar-refractivity contribution < 1.29 is 19.1 Å². The van der Waals surface area contributed by atoms with Crippen LogP contribution in [-0.2, 0) is 4.79 Å². The Morgan fingerprint density at radius 1 is 1.48 bits per heavy atom. The minimum atomic E-state index is -0.763. The summed E-state index contributed by atoms with van der Waals surface area (Å²) in [7, 11) is 0. The summed E-state index contributed by atoms with van der Waals surface area (Å²) in [6.45, 7) is 6.66. The SMILES string of the molecule is C=CCN1C[C@H]2CN(C(=O)c3ccco3)CCC[C@@]2(C(=O)O)C1. The monoisotopic (exact) mass is 318 g/mol. The van der Waals surface area contributed by atoms with Gasteiger partial charge in [-0.2, -0.15) is 0 Å². The van der Waals surface area contributed by atoms with E-state index in [4.69, 9.17) is 4.42 Å². The first-order valence-electron chi connectivity index (χ1n) is 7.96. The number of hydrogen-bond acceptors (Lipinski definition) is 4. The van der Waals surface area contributed by atoms with Crippen LogP contribution in [0, 0.1) is 11.3 Å². The molecule has 3 heterocycles. The maximum atomic E-state index is 12.5. The van der Waals surface area contributed by atoms with Crippen LogP contribution in [0.3, 0.4) is 0 Å². The van der Waals surface area contributed by atoms with Crippen molar-refractivity contribution in [3.8, 4) is 0 Å². The molecular weight excluding hydrogens is 296 g/mol. The Balaban J connectivity index is 1.82. The minimum absolute atomic E-state index is 0.0682. The Morgan fingerprint density at radius 2 is 2.30 bits per heavy atom. The first-order chi connectivity index (χ1) is 11.1. The normalized spacial score (nSPS) is 28.2. The molecule has 1 N–H and O–H groups in total. The van der Waals surface area contributed by atoms with Gasteiger partial charge in [0.2, 0.25) is 0 Å². The molecule has 0 aromatic carbocycles. The first kappa shape index (κ1) is 15.8. The van der Waals surface area contributed by atoms with Crippen LogP contribution in [0.15, 0.2) is 35.5 Å². The smallest absolute Gasteiger partial charge is 0.311 e. The maximum absolute atomic E-state index is 12.5. The second-order valence-electron chi connectivity index (χ2n) is 6.47. The molecule has 0 radical (unpaired) electrons. The Morgan fingerprint density at radius 3 is 2.96 bits per heavy atom. The van der Waals surface area contributed by atoms with Gasteiger partial charge < -0.3 is 14.4 Å². The van der Waals surface area contributed by atoms with Gasteiger partial charge in [-0.05, 0) is 25.0 Å². The van der Waals surface area contributed by atoms with E-state index in [2.05, 4.69) is 11.5 Å². The molecule has 0 spiro atoms. The second-order valence-corrected chi connectivity index (χ2v) is 6.47.